The topological polar surface area (TPSA) is 72.9 Å². The van der Waals surface area contributed by atoms with E-state index in [9.17, 15) is 13.2 Å². The molecule has 0 spiro atoms. The first-order chi connectivity index (χ1) is 13.2. The lowest BCUT2D eigenvalue weighted by atomic mass is 9.69. The third-order valence-electron chi connectivity index (χ3n) is 4.45. The average Bonchev–Trinajstić information content (AvgIpc) is 2.58. The SMILES string of the molecule is CCOC(=O)OCSN(C)S(=O)(=O)c1ccc(C(CC(C)(C)C)C(C)(C)C)cc1. The van der Waals surface area contributed by atoms with Crippen molar-refractivity contribution in [2.45, 2.75) is 65.7 Å². The van der Waals surface area contributed by atoms with E-state index in [-0.39, 0.29) is 28.3 Å². The number of nitrogens with zero attached hydrogens (tertiary/aromatic N) is 1. The van der Waals surface area contributed by atoms with Crippen LogP contribution >= 0.6 is 11.9 Å². The average molecular weight is 446 g/mol. The van der Waals surface area contributed by atoms with Gasteiger partial charge in [-0.05, 0) is 59.7 Å². The molecule has 29 heavy (non-hydrogen) atoms. The summed E-state index contributed by atoms with van der Waals surface area (Å²) in [6.07, 6.45) is 0.186. The van der Waals surface area contributed by atoms with Crippen LogP contribution in [0.5, 0.6) is 0 Å². The van der Waals surface area contributed by atoms with Crippen LogP contribution in [0.3, 0.4) is 0 Å². The van der Waals surface area contributed by atoms with Crippen LogP contribution in [0.4, 0.5) is 4.79 Å². The molecule has 0 aromatic heterocycles. The number of sulfonamides is 1. The van der Waals surface area contributed by atoms with E-state index in [1.807, 2.05) is 12.1 Å². The molecule has 8 heteroatoms. The summed E-state index contributed by atoms with van der Waals surface area (Å²) in [5.41, 5.74) is 1.36. The molecule has 0 N–H and O–H groups in total. The van der Waals surface area contributed by atoms with Gasteiger partial charge in [0.05, 0.1) is 11.5 Å². The Kier molecular flexibility index (Phi) is 9.05. The number of hydrogen-bond acceptors (Lipinski definition) is 6. The fourth-order valence-electron chi connectivity index (χ4n) is 2.93. The van der Waals surface area contributed by atoms with Crippen molar-refractivity contribution in [2.24, 2.45) is 10.8 Å². The zero-order valence-electron chi connectivity index (χ0n) is 18.8. The van der Waals surface area contributed by atoms with Crippen LogP contribution in [-0.2, 0) is 19.5 Å². The van der Waals surface area contributed by atoms with E-state index in [0.717, 1.165) is 27.6 Å². The van der Waals surface area contributed by atoms with Gasteiger partial charge in [-0.3, -0.25) is 0 Å². The molecule has 0 amide bonds. The van der Waals surface area contributed by atoms with Gasteiger partial charge in [0, 0.05) is 7.05 Å². The molecule has 0 fully saturated rings. The van der Waals surface area contributed by atoms with Crippen molar-refractivity contribution in [3.8, 4) is 0 Å². The monoisotopic (exact) mass is 445 g/mol. The molecule has 0 saturated heterocycles. The minimum Gasteiger partial charge on any atom is -0.435 e. The number of rotatable bonds is 8. The number of carbonyl (C=O) groups excluding carboxylic acids is 1. The van der Waals surface area contributed by atoms with E-state index in [0.29, 0.717) is 5.92 Å². The summed E-state index contributed by atoms with van der Waals surface area (Å²) in [6, 6.07) is 7.11. The zero-order chi connectivity index (χ0) is 22.5. The van der Waals surface area contributed by atoms with Crippen molar-refractivity contribution in [2.75, 3.05) is 19.6 Å². The summed E-state index contributed by atoms with van der Waals surface area (Å²) in [6.45, 7) is 15.2. The molecule has 0 heterocycles. The molecule has 6 nitrogen and oxygen atoms in total. The third kappa shape index (κ3) is 8.18. The fraction of sp³-hybridized carbons (Fsp3) is 0.667. The molecular formula is C21H35NO5S2. The summed E-state index contributed by atoms with van der Waals surface area (Å²) in [4.78, 5) is 11.4. The standard InChI is InChI=1S/C21H35NO5S2/c1-9-26-19(23)27-15-28-22(8)29(24,25)17-12-10-16(11-13-17)18(21(5,6)7)14-20(2,3)4/h10-13,18H,9,14-15H2,1-8H3. The largest absolute Gasteiger partial charge is 0.509 e. The molecule has 0 aliphatic heterocycles. The molecule has 166 valence electrons. The van der Waals surface area contributed by atoms with Crippen molar-refractivity contribution in [1.29, 1.82) is 0 Å². The first-order valence-electron chi connectivity index (χ1n) is 9.70. The lowest BCUT2D eigenvalue weighted by Gasteiger charge is -2.36. The number of ether oxygens (including phenoxy) is 2. The first-order valence-corrected chi connectivity index (χ1v) is 12.1. The maximum atomic E-state index is 12.8. The summed E-state index contributed by atoms with van der Waals surface area (Å²) < 4.78 is 36.1. The quantitative estimate of drug-likeness (QED) is 0.292. The molecule has 0 aliphatic rings. The van der Waals surface area contributed by atoms with Crippen LogP contribution in [-0.4, -0.2) is 37.9 Å². The van der Waals surface area contributed by atoms with Gasteiger partial charge >= 0.3 is 6.16 Å². The van der Waals surface area contributed by atoms with Gasteiger partial charge in [-0.2, -0.15) is 0 Å². The molecule has 1 atom stereocenters. The van der Waals surface area contributed by atoms with Gasteiger partial charge < -0.3 is 9.47 Å². The molecule has 0 aliphatic carbocycles. The zero-order valence-corrected chi connectivity index (χ0v) is 20.4. The first kappa shape index (κ1) is 25.8. The second-order valence-corrected chi connectivity index (χ2v) is 12.5. The normalized spacial score (nSPS) is 14.0. The number of hydrogen-bond donors (Lipinski definition) is 0. The third-order valence-corrected chi connectivity index (χ3v) is 7.49. The van der Waals surface area contributed by atoms with Crippen LogP contribution in [0.15, 0.2) is 29.2 Å². The highest BCUT2D eigenvalue weighted by Gasteiger charge is 2.31. The molecule has 1 unspecified atom stereocenters. The van der Waals surface area contributed by atoms with Crippen molar-refractivity contribution in [3.63, 3.8) is 0 Å². The van der Waals surface area contributed by atoms with Crippen LogP contribution in [0.2, 0.25) is 0 Å². The van der Waals surface area contributed by atoms with Gasteiger partial charge in [-0.1, -0.05) is 53.7 Å². The second-order valence-electron chi connectivity index (χ2n) is 9.24. The lowest BCUT2D eigenvalue weighted by molar-refractivity contribution is 0.0727. The van der Waals surface area contributed by atoms with Gasteiger partial charge in [0.15, 0.2) is 5.94 Å². The highest BCUT2D eigenvalue weighted by molar-refractivity contribution is 8.08. The summed E-state index contributed by atoms with van der Waals surface area (Å²) in [5.74, 6) is 0.161. The predicted octanol–water partition coefficient (Wildman–Crippen LogP) is 5.65. The number of benzene rings is 1. The van der Waals surface area contributed by atoms with Crippen LogP contribution < -0.4 is 0 Å². The molecule has 1 rings (SSSR count). The summed E-state index contributed by atoms with van der Waals surface area (Å²) >= 11 is 0.877. The van der Waals surface area contributed by atoms with Gasteiger partial charge in [0.2, 0.25) is 0 Å². The Morgan fingerprint density at radius 3 is 2.07 bits per heavy atom. The Balaban J connectivity index is 2.93. The molecule has 0 bridgehead atoms. The highest BCUT2D eigenvalue weighted by Crippen LogP contribution is 2.43. The smallest absolute Gasteiger partial charge is 0.435 e. The van der Waals surface area contributed by atoms with E-state index >= 15 is 0 Å². The van der Waals surface area contributed by atoms with Gasteiger partial charge in [0.1, 0.15) is 0 Å². The fourth-order valence-corrected chi connectivity index (χ4v) is 4.95. The minimum absolute atomic E-state index is 0.0603. The Hall–Kier alpha value is -1.25. The minimum atomic E-state index is -3.70. The maximum absolute atomic E-state index is 12.8. The van der Waals surface area contributed by atoms with E-state index in [1.165, 1.54) is 7.05 Å². The Morgan fingerprint density at radius 1 is 1.07 bits per heavy atom. The molecule has 0 saturated carbocycles. The Bertz CT molecular complexity index is 762. The van der Waals surface area contributed by atoms with E-state index in [1.54, 1.807) is 19.1 Å². The van der Waals surface area contributed by atoms with Crippen LogP contribution in [0.25, 0.3) is 0 Å². The van der Waals surface area contributed by atoms with Crippen molar-refractivity contribution >= 4 is 28.1 Å². The van der Waals surface area contributed by atoms with Crippen molar-refractivity contribution in [3.05, 3.63) is 29.8 Å². The molecule has 1 aromatic rings. The van der Waals surface area contributed by atoms with Gasteiger partial charge in [-0.25, -0.2) is 13.2 Å². The lowest BCUT2D eigenvalue weighted by Crippen LogP contribution is -2.24. The van der Waals surface area contributed by atoms with Crippen molar-refractivity contribution < 1.29 is 22.7 Å². The number of carbonyl (C=O) groups is 1. The summed E-state index contributed by atoms with van der Waals surface area (Å²) in [5, 5.41) is 0. The van der Waals surface area contributed by atoms with E-state index < -0.39 is 16.2 Å². The molecular weight excluding hydrogens is 410 g/mol. The summed E-state index contributed by atoms with van der Waals surface area (Å²) in [7, 11) is -2.27. The van der Waals surface area contributed by atoms with Crippen molar-refractivity contribution in [1.82, 2.24) is 3.71 Å². The van der Waals surface area contributed by atoms with Gasteiger partial charge in [0.25, 0.3) is 10.0 Å². The predicted molar refractivity (Wildman–Crippen MR) is 118 cm³/mol. The van der Waals surface area contributed by atoms with Gasteiger partial charge in [-0.15, -0.1) is 3.71 Å². The van der Waals surface area contributed by atoms with E-state index in [4.69, 9.17) is 4.74 Å². The second kappa shape index (κ2) is 10.2. The maximum Gasteiger partial charge on any atom is 0.509 e. The van der Waals surface area contributed by atoms with Crippen LogP contribution in [0, 0.1) is 10.8 Å². The molecule has 1 aromatic carbocycles. The van der Waals surface area contributed by atoms with Crippen LogP contribution in [0.1, 0.15) is 66.4 Å². The highest BCUT2D eigenvalue weighted by atomic mass is 32.3. The van der Waals surface area contributed by atoms with E-state index in [2.05, 4.69) is 46.3 Å². The molecule has 0 radical (unpaired) electrons. The Morgan fingerprint density at radius 2 is 1.62 bits per heavy atom. The Labute approximate surface area is 180 Å².